The van der Waals surface area contributed by atoms with Gasteiger partial charge in [0.1, 0.15) is 0 Å². The van der Waals surface area contributed by atoms with Crippen molar-refractivity contribution in [1.29, 1.82) is 0 Å². The van der Waals surface area contributed by atoms with E-state index in [0.717, 1.165) is 6.42 Å². The van der Waals surface area contributed by atoms with Gasteiger partial charge in [-0.15, -0.1) is 0 Å². The Bertz CT molecular complexity index is 352. The second-order valence-electron chi connectivity index (χ2n) is 4.70. The second kappa shape index (κ2) is 5.06. The molecule has 0 aromatic heterocycles. The molecule has 0 heterocycles. The van der Waals surface area contributed by atoms with Crippen molar-refractivity contribution in [2.75, 3.05) is 38.0 Å². The summed E-state index contributed by atoms with van der Waals surface area (Å²) in [6.45, 7) is 6.09. The normalized spacial score (nSPS) is 10.1. The van der Waals surface area contributed by atoms with Crippen LogP contribution >= 0.6 is 0 Å². The first-order valence-corrected chi connectivity index (χ1v) is 5.54. The van der Waals surface area contributed by atoms with Gasteiger partial charge in [0.05, 0.1) is 0 Å². The van der Waals surface area contributed by atoms with Crippen molar-refractivity contribution >= 4 is 11.4 Å². The van der Waals surface area contributed by atoms with Gasteiger partial charge in [-0.1, -0.05) is 18.2 Å². The molecule has 0 spiro atoms. The summed E-state index contributed by atoms with van der Waals surface area (Å²) in [6.07, 6.45) is 0.932. The predicted molar refractivity (Wildman–Crippen MR) is 73.6 cm³/mol. The molecule has 0 fully saturated rings. The zero-order chi connectivity index (χ0) is 12.3. The van der Waals surface area contributed by atoms with Crippen LogP contribution in [-0.4, -0.2) is 28.2 Å². The minimum Gasteiger partial charge on any atom is -0.377 e. The maximum Gasteiger partial charge on any atom is 0.0417 e. The van der Waals surface area contributed by atoms with Gasteiger partial charge in [0, 0.05) is 45.1 Å². The summed E-state index contributed by atoms with van der Waals surface area (Å²) in [5.41, 5.74) is 5.09. The van der Waals surface area contributed by atoms with E-state index < -0.39 is 0 Å². The van der Waals surface area contributed by atoms with E-state index in [1.165, 1.54) is 22.5 Å². The fourth-order valence-electron chi connectivity index (χ4n) is 1.88. The highest BCUT2D eigenvalue weighted by Crippen LogP contribution is 2.30. The summed E-state index contributed by atoms with van der Waals surface area (Å²) in [6, 6.07) is 6.42. The van der Waals surface area contributed by atoms with Crippen LogP contribution in [0.4, 0.5) is 11.4 Å². The van der Waals surface area contributed by atoms with Gasteiger partial charge in [-0.05, 0) is 25.5 Å². The Labute approximate surface area is 99.2 Å². The van der Waals surface area contributed by atoms with Gasteiger partial charge in [-0.3, -0.25) is 0 Å². The van der Waals surface area contributed by atoms with E-state index in [1.807, 2.05) is 0 Å². The van der Waals surface area contributed by atoms with Gasteiger partial charge >= 0.3 is 0 Å². The van der Waals surface area contributed by atoms with E-state index in [2.05, 4.69) is 69.7 Å². The summed E-state index contributed by atoms with van der Waals surface area (Å²) in [5.74, 6) is 0. The van der Waals surface area contributed by atoms with Gasteiger partial charge in [0.25, 0.3) is 0 Å². The number of rotatable bonds is 4. The zero-order valence-electron chi connectivity index (χ0n) is 11.0. The largest absolute Gasteiger partial charge is 0.377 e. The van der Waals surface area contributed by atoms with Gasteiger partial charge in [0.2, 0.25) is 0 Å². The summed E-state index contributed by atoms with van der Waals surface area (Å²) in [5, 5.41) is 0. The van der Waals surface area contributed by atoms with Crippen LogP contribution in [0.25, 0.3) is 0 Å². The first-order valence-electron chi connectivity index (χ1n) is 5.54. The lowest BCUT2D eigenvalue weighted by molar-refractivity contribution is 1.03. The molecule has 1 aromatic carbocycles. The lowest BCUT2D eigenvalue weighted by atomic mass is 10.0. The molecule has 88 valence electrons. The molecule has 1 aromatic rings. The lowest BCUT2D eigenvalue weighted by Gasteiger charge is -2.24. The molecule has 2 nitrogen and oxygen atoms in total. The van der Waals surface area contributed by atoms with Gasteiger partial charge in [-0.2, -0.15) is 0 Å². The van der Waals surface area contributed by atoms with E-state index in [4.69, 9.17) is 0 Å². The quantitative estimate of drug-likeness (QED) is 0.717. The topological polar surface area (TPSA) is 6.48 Å². The van der Waals surface area contributed by atoms with E-state index in [9.17, 15) is 0 Å². The van der Waals surface area contributed by atoms with Crippen molar-refractivity contribution in [2.24, 2.45) is 0 Å². The lowest BCUT2D eigenvalue weighted by Crippen LogP contribution is -2.16. The molecule has 16 heavy (non-hydrogen) atoms. The van der Waals surface area contributed by atoms with E-state index in [-0.39, 0.29) is 0 Å². The fraction of sp³-hybridized carbons (Fsp3) is 0.429. The van der Waals surface area contributed by atoms with Crippen LogP contribution in [0, 0.1) is 0 Å². The fourth-order valence-corrected chi connectivity index (χ4v) is 1.88. The third kappa shape index (κ3) is 2.78. The van der Waals surface area contributed by atoms with Gasteiger partial charge in [-0.25, -0.2) is 0 Å². The zero-order valence-corrected chi connectivity index (χ0v) is 11.0. The van der Waals surface area contributed by atoms with Crippen LogP contribution in [0.5, 0.6) is 0 Å². The average Bonchev–Trinajstić information content (AvgIpc) is 2.16. The Morgan fingerprint density at radius 2 is 1.50 bits per heavy atom. The summed E-state index contributed by atoms with van der Waals surface area (Å²) in [7, 11) is 8.32. The number of hydrogen-bond acceptors (Lipinski definition) is 2. The second-order valence-corrected chi connectivity index (χ2v) is 4.70. The summed E-state index contributed by atoms with van der Waals surface area (Å²) in [4.78, 5) is 4.32. The molecular weight excluding hydrogens is 196 g/mol. The average molecular weight is 218 g/mol. The van der Waals surface area contributed by atoms with E-state index >= 15 is 0 Å². The molecule has 0 unspecified atom stereocenters. The highest BCUT2D eigenvalue weighted by molar-refractivity contribution is 5.67. The molecule has 0 bridgehead atoms. The van der Waals surface area contributed by atoms with E-state index in [0.29, 0.717) is 0 Å². The SMILES string of the molecule is C=C(C)Cc1c(N(C)C)cccc1N(C)C. The minimum absolute atomic E-state index is 0.932. The highest BCUT2D eigenvalue weighted by atomic mass is 15.1. The van der Waals surface area contributed by atoms with Crippen molar-refractivity contribution in [3.8, 4) is 0 Å². The van der Waals surface area contributed by atoms with Crippen molar-refractivity contribution in [3.63, 3.8) is 0 Å². The monoisotopic (exact) mass is 218 g/mol. The number of benzene rings is 1. The van der Waals surface area contributed by atoms with Crippen molar-refractivity contribution in [1.82, 2.24) is 0 Å². The molecule has 0 N–H and O–H groups in total. The molecule has 0 aliphatic heterocycles. The van der Waals surface area contributed by atoms with Crippen LogP contribution < -0.4 is 9.80 Å². The predicted octanol–water partition coefficient (Wildman–Crippen LogP) is 2.94. The van der Waals surface area contributed by atoms with Crippen LogP contribution in [0.15, 0.2) is 30.4 Å². The van der Waals surface area contributed by atoms with Gasteiger partial charge < -0.3 is 9.80 Å². The van der Waals surface area contributed by atoms with Crippen molar-refractivity contribution in [3.05, 3.63) is 35.9 Å². The van der Waals surface area contributed by atoms with Crippen molar-refractivity contribution in [2.45, 2.75) is 13.3 Å². The molecular formula is C14H22N2. The molecule has 0 atom stereocenters. The van der Waals surface area contributed by atoms with Crippen LogP contribution in [0.2, 0.25) is 0 Å². The number of nitrogens with zero attached hydrogens (tertiary/aromatic N) is 2. The third-order valence-corrected chi connectivity index (χ3v) is 2.57. The Kier molecular flexibility index (Phi) is 3.99. The molecule has 0 radical (unpaired) electrons. The first kappa shape index (κ1) is 12.6. The molecule has 0 aliphatic rings. The third-order valence-electron chi connectivity index (χ3n) is 2.57. The summed E-state index contributed by atoms with van der Waals surface area (Å²) < 4.78 is 0. The standard InChI is InChI=1S/C14H22N2/c1-11(2)10-12-13(15(3)4)8-7-9-14(12)16(5)6/h7-9H,1,10H2,2-6H3. The number of hydrogen-bond donors (Lipinski definition) is 0. The van der Waals surface area contributed by atoms with Crippen LogP contribution in [-0.2, 0) is 6.42 Å². The maximum absolute atomic E-state index is 4.01. The van der Waals surface area contributed by atoms with Gasteiger partial charge in [0.15, 0.2) is 0 Å². The maximum atomic E-state index is 4.01. The Morgan fingerprint density at radius 3 is 1.81 bits per heavy atom. The van der Waals surface area contributed by atoms with E-state index in [1.54, 1.807) is 0 Å². The minimum atomic E-state index is 0.932. The molecule has 1 rings (SSSR count). The Morgan fingerprint density at radius 1 is 1.06 bits per heavy atom. The Hall–Kier alpha value is -1.44. The molecule has 0 saturated carbocycles. The Balaban J connectivity index is 3.28. The van der Waals surface area contributed by atoms with Crippen LogP contribution in [0.1, 0.15) is 12.5 Å². The molecule has 2 heteroatoms. The molecule has 0 saturated heterocycles. The first-order chi connectivity index (χ1) is 7.43. The van der Waals surface area contributed by atoms with Crippen LogP contribution in [0.3, 0.4) is 0 Å². The smallest absolute Gasteiger partial charge is 0.0417 e. The summed E-state index contributed by atoms with van der Waals surface area (Å²) >= 11 is 0. The molecule has 0 amide bonds. The number of anilines is 2. The van der Waals surface area contributed by atoms with Crippen molar-refractivity contribution < 1.29 is 0 Å². The highest BCUT2D eigenvalue weighted by Gasteiger charge is 2.11. The molecule has 0 aliphatic carbocycles. The number of allylic oxidation sites excluding steroid dienone is 1.